The van der Waals surface area contributed by atoms with Gasteiger partial charge in [-0.15, -0.1) is 10.2 Å². The first kappa shape index (κ1) is 22.0. The van der Waals surface area contributed by atoms with Gasteiger partial charge in [0.05, 0.1) is 18.6 Å². The Kier molecular flexibility index (Phi) is 5.98. The average molecular weight is 473 g/mol. The minimum Gasteiger partial charge on any atom is -0.495 e. The third kappa shape index (κ3) is 4.12. The Bertz CT molecular complexity index is 1510. The molecule has 5 rings (SSSR count). The number of methoxy groups -OCH3 is 1. The number of carbonyl (C=O) groups excluding carboxylic acids is 1. The first-order valence-electron chi connectivity index (χ1n) is 11.0. The van der Waals surface area contributed by atoms with Gasteiger partial charge in [0.15, 0.2) is 11.0 Å². The lowest BCUT2D eigenvalue weighted by molar-refractivity contribution is -0.113. The number of benzene rings is 3. The minimum atomic E-state index is -0.165. The maximum Gasteiger partial charge on any atom is 0.234 e. The number of nitrogens with one attached hydrogen (secondary N) is 1. The Morgan fingerprint density at radius 3 is 2.71 bits per heavy atom. The van der Waals surface area contributed by atoms with Gasteiger partial charge < -0.3 is 19.0 Å². The van der Waals surface area contributed by atoms with E-state index >= 15 is 0 Å². The van der Waals surface area contributed by atoms with Gasteiger partial charge >= 0.3 is 0 Å². The highest BCUT2D eigenvalue weighted by Gasteiger charge is 2.17. The predicted octanol–water partition coefficient (Wildman–Crippen LogP) is 5.91. The van der Waals surface area contributed by atoms with Gasteiger partial charge in [0.2, 0.25) is 5.91 Å². The average Bonchev–Trinajstić information content (AvgIpc) is 3.42. The zero-order valence-corrected chi connectivity index (χ0v) is 20.0. The van der Waals surface area contributed by atoms with E-state index in [1.807, 2.05) is 66.9 Å². The van der Waals surface area contributed by atoms with Gasteiger partial charge in [-0.1, -0.05) is 53.7 Å². The topological polar surface area (TPSA) is 82.2 Å². The summed E-state index contributed by atoms with van der Waals surface area (Å²) in [4.78, 5) is 12.8. The van der Waals surface area contributed by atoms with E-state index in [9.17, 15) is 4.79 Å². The van der Waals surface area contributed by atoms with Crippen LogP contribution in [0.2, 0.25) is 0 Å². The zero-order chi connectivity index (χ0) is 23.7. The molecule has 172 valence electrons. The highest BCUT2D eigenvalue weighted by molar-refractivity contribution is 7.99. The third-order valence-corrected chi connectivity index (χ3v) is 6.58. The fourth-order valence-corrected chi connectivity index (χ4v) is 4.81. The van der Waals surface area contributed by atoms with Crippen LogP contribution in [0.5, 0.6) is 5.75 Å². The van der Waals surface area contributed by atoms with E-state index in [0.717, 1.165) is 33.3 Å². The summed E-state index contributed by atoms with van der Waals surface area (Å²) in [5.41, 5.74) is 4.22. The number of rotatable bonds is 7. The van der Waals surface area contributed by atoms with E-state index in [2.05, 4.69) is 21.6 Å². The number of fused-ring (bicyclic) bond motifs is 3. The summed E-state index contributed by atoms with van der Waals surface area (Å²) in [6.07, 6.45) is 0. The van der Waals surface area contributed by atoms with Crippen LogP contribution in [0.25, 0.3) is 33.3 Å². The van der Waals surface area contributed by atoms with Crippen molar-refractivity contribution in [3.63, 3.8) is 0 Å². The first-order chi connectivity index (χ1) is 16.6. The van der Waals surface area contributed by atoms with Crippen LogP contribution in [0.15, 0.2) is 70.2 Å². The quantitative estimate of drug-likeness (QED) is 0.297. The standard InChI is InChI=1S/C26H24N4O3S/c1-4-30-25(17-9-7-8-16(2)12-17)28-29-26(30)34-15-24(31)27-20-14-22-19(13-23(20)32-3)18-10-5-6-11-21(18)33-22/h5-14H,4,15H2,1-3H3,(H,27,31). The number of hydrogen-bond donors (Lipinski definition) is 1. The minimum absolute atomic E-state index is 0.165. The predicted molar refractivity (Wildman–Crippen MR) is 135 cm³/mol. The largest absolute Gasteiger partial charge is 0.495 e. The van der Waals surface area contributed by atoms with E-state index in [0.29, 0.717) is 28.7 Å². The molecule has 5 aromatic rings. The number of furan rings is 1. The number of para-hydroxylation sites is 1. The smallest absolute Gasteiger partial charge is 0.234 e. The molecular formula is C26H24N4O3S. The van der Waals surface area contributed by atoms with Crippen molar-refractivity contribution < 1.29 is 13.9 Å². The van der Waals surface area contributed by atoms with Crippen molar-refractivity contribution in [2.45, 2.75) is 25.5 Å². The molecular weight excluding hydrogens is 448 g/mol. The van der Waals surface area contributed by atoms with E-state index in [4.69, 9.17) is 9.15 Å². The molecule has 0 spiro atoms. The number of amides is 1. The van der Waals surface area contributed by atoms with E-state index in [-0.39, 0.29) is 11.7 Å². The summed E-state index contributed by atoms with van der Waals surface area (Å²) in [6, 6.07) is 19.7. The molecule has 0 saturated heterocycles. The highest BCUT2D eigenvalue weighted by atomic mass is 32.2. The maximum atomic E-state index is 12.8. The van der Waals surface area contributed by atoms with Crippen molar-refractivity contribution in [1.29, 1.82) is 0 Å². The van der Waals surface area contributed by atoms with Crippen molar-refractivity contribution in [1.82, 2.24) is 14.8 Å². The first-order valence-corrected chi connectivity index (χ1v) is 12.0. The lowest BCUT2D eigenvalue weighted by Gasteiger charge is -2.11. The molecule has 1 amide bonds. The highest BCUT2D eigenvalue weighted by Crippen LogP contribution is 2.36. The molecule has 0 bridgehead atoms. The van der Waals surface area contributed by atoms with Crippen molar-refractivity contribution >= 4 is 45.3 Å². The van der Waals surface area contributed by atoms with E-state index in [1.165, 1.54) is 11.8 Å². The molecule has 0 aliphatic rings. The van der Waals surface area contributed by atoms with Crippen LogP contribution in [-0.2, 0) is 11.3 Å². The molecule has 2 heterocycles. The molecule has 0 radical (unpaired) electrons. The Hall–Kier alpha value is -3.78. The molecule has 0 atom stereocenters. The maximum absolute atomic E-state index is 12.8. The lowest BCUT2D eigenvalue weighted by Crippen LogP contribution is -2.15. The summed E-state index contributed by atoms with van der Waals surface area (Å²) in [7, 11) is 1.59. The molecule has 0 aliphatic carbocycles. The third-order valence-electron chi connectivity index (χ3n) is 5.61. The van der Waals surface area contributed by atoms with Crippen molar-refractivity contribution in [3.8, 4) is 17.1 Å². The molecule has 2 aromatic heterocycles. The van der Waals surface area contributed by atoms with Crippen molar-refractivity contribution in [2.24, 2.45) is 0 Å². The summed E-state index contributed by atoms with van der Waals surface area (Å²) in [5, 5.41) is 14.3. The SMILES string of the molecule is CCn1c(SCC(=O)Nc2cc3oc4ccccc4c3cc2OC)nnc1-c1cccc(C)c1. The van der Waals surface area contributed by atoms with Crippen molar-refractivity contribution in [3.05, 3.63) is 66.2 Å². The normalized spacial score (nSPS) is 11.3. The number of nitrogens with zero attached hydrogens (tertiary/aromatic N) is 3. The monoisotopic (exact) mass is 472 g/mol. The Balaban J connectivity index is 1.34. The van der Waals surface area contributed by atoms with Crippen LogP contribution in [0, 0.1) is 6.92 Å². The van der Waals surface area contributed by atoms with Gasteiger partial charge in [0.1, 0.15) is 16.9 Å². The van der Waals surface area contributed by atoms with E-state index in [1.54, 1.807) is 13.2 Å². The van der Waals surface area contributed by atoms with Crippen LogP contribution in [-0.4, -0.2) is 33.5 Å². The summed E-state index contributed by atoms with van der Waals surface area (Å²) in [5.74, 6) is 1.40. The number of anilines is 1. The van der Waals surface area contributed by atoms with Gasteiger partial charge in [0.25, 0.3) is 0 Å². The van der Waals surface area contributed by atoms with Crippen molar-refractivity contribution in [2.75, 3.05) is 18.2 Å². The van der Waals surface area contributed by atoms with Crippen LogP contribution >= 0.6 is 11.8 Å². The number of thioether (sulfide) groups is 1. The Labute approximate surface area is 201 Å². The second-order valence-corrected chi connectivity index (χ2v) is 8.85. The number of ether oxygens (including phenoxy) is 1. The second kappa shape index (κ2) is 9.23. The molecule has 0 fully saturated rings. The van der Waals surface area contributed by atoms with Crippen LogP contribution in [0.4, 0.5) is 5.69 Å². The van der Waals surface area contributed by atoms with Gasteiger partial charge in [-0.05, 0) is 32.0 Å². The lowest BCUT2D eigenvalue weighted by atomic mass is 10.1. The number of hydrogen-bond acceptors (Lipinski definition) is 6. The molecule has 1 N–H and O–H groups in total. The summed E-state index contributed by atoms with van der Waals surface area (Å²) in [6.45, 7) is 4.80. The summed E-state index contributed by atoms with van der Waals surface area (Å²) >= 11 is 1.35. The van der Waals surface area contributed by atoms with Crippen LogP contribution < -0.4 is 10.1 Å². The Morgan fingerprint density at radius 2 is 1.91 bits per heavy atom. The molecule has 0 saturated carbocycles. The molecule has 3 aromatic carbocycles. The second-order valence-electron chi connectivity index (χ2n) is 7.90. The van der Waals surface area contributed by atoms with Gasteiger partial charge in [-0.2, -0.15) is 0 Å². The van der Waals surface area contributed by atoms with Gasteiger partial charge in [-0.3, -0.25) is 4.79 Å². The van der Waals surface area contributed by atoms with Gasteiger partial charge in [-0.25, -0.2) is 0 Å². The molecule has 8 heteroatoms. The molecule has 0 unspecified atom stereocenters. The molecule has 34 heavy (non-hydrogen) atoms. The van der Waals surface area contributed by atoms with Crippen LogP contribution in [0.1, 0.15) is 12.5 Å². The Morgan fingerprint density at radius 1 is 1.06 bits per heavy atom. The fraction of sp³-hybridized carbons (Fsp3) is 0.192. The van der Waals surface area contributed by atoms with E-state index < -0.39 is 0 Å². The zero-order valence-electron chi connectivity index (χ0n) is 19.2. The molecule has 0 aliphatic heterocycles. The van der Waals surface area contributed by atoms with Crippen LogP contribution in [0.3, 0.4) is 0 Å². The summed E-state index contributed by atoms with van der Waals surface area (Å²) < 4.78 is 13.5. The van der Waals surface area contributed by atoms with Gasteiger partial charge in [0, 0.05) is 28.9 Å². The number of aryl methyl sites for hydroxylation is 1. The number of carbonyl (C=O) groups is 1. The number of aromatic nitrogens is 3. The molecule has 7 nitrogen and oxygen atoms in total. The fourth-order valence-electron chi connectivity index (χ4n) is 4.01.